The van der Waals surface area contributed by atoms with Gasteiger partial charge < -0.3 is 9.80 Å². The van der Waals surface area contributed by atoms with Crippen LogP contribution in [0.5, 0.6) is 0 Å². The first-order valence-corrected chi connectivity index (χ1v) is 9.53. The molecule has 28 heavy (non-hydrogen) atoms. The summed E-state index contributed by atoms with van der Waals surface area (Å²) >= 11 is 0. The van der Waals surface area contributed by atoms with E-state index < -0.39 is 6.17 Å². The van der Waals surface area contributed by atoms with Crippen molar-refractivity contribution < 1.29 is 14.0 Å². The van der Waals surface area contributed by atoms with Crippen molar-refractivity contribution in [3.05, 3.63) is 47.8 Å². The molecule has 2 atom stereocenters. The van der Waals surface area contributed by atoms with Crippen molar-refractivity contribution in [2.45, 2.75) is 44.4 Å². The SMILES string of the molecule is CN(C)C(=O)c1cn(CC2CC(F)CN2C(=O)CCCc2ccccc2)nn1. The predicted octanol–water partition coefficient (Wildman–Crippen LogP) is 1.94. The molecule has 2 heterocycles. The maximum Gasteiger partial charge on any atom is 0.275 e. The van der Waals surface area contributed by atoms with Gasteiger partial charge in [0, 0.05) is 26.9 Å². The normalized spacial score (nSPS) is 19.0. The number of benzene rings is 1. The highest BCUT2D eigenvalue weighted by Crippen LogP contribution is 2.23. The molecule has 0 aliphatic carbocycles. The third-order valence-corrected chi connectivity index (χ3v) is 4.94. The Kier molecular flexibility index (Phi) is 6.38. The molecule has 2 unspecified atom stereocenters. The summed E-state index contributed by atoms with van der Waals surface area (Å²) < 4.78 is 15.5. The highest BCUT2D eigenvalue weighted by molar-refractivity contribution is 5.91. The van der Waals surface area contributed by atoms with Gasteiger partial charge in [0.25, 0.3) is 5.91 Å². The van der Waals surface area contributed by atoms with Gasteiger partial charge in [0.05, 0.1) is 25.3 Å². The highest BCUT2D eigenvalue weighted by atomic mass is 19.1. The van der Waals surface area contributed by atoms with E-state index in [1.807, 2.05) is 30.3 Å². The third-order valence-electron chi connectivity index (χ3n) is 4.94. The van der Waals surface area contributed by atoms with Crippen LogP contribution in [0.1, 0.15) is 35.3 Å². The number of likely N-dealkylation sites (tertiary alicyclic amines) is 1. The predicted molar refractivity (Wildman–Crippen MR) is 102 cm³/mol. The molecule has 1 aliphatic rings. The number of carbonyl (C=O) groups is 2. The van der Waals surface area contributed by atoms with Gasteiger partial charge in [-0.05, 0) is 18.4 Å². The van der Waals surface area contributed by atoms with Crippen molar-refractivity contribution in [1.29, 1.82) is 0 Å². The zero-order valence-electron chi connectivity index (χ0n) is 16.3. The number of hydrogen-bond donors (Lipinski definition) is 0. The lowest BCUT2D eigenvalue weighted by molar-refractivity contribution is -0.132. The van der Waals surface area contributed by atoms with E-state index in [9.17, 15) is 14.0 Å². The van der Waals surface area contributed by atoms with Crippen molar-refractivity contribution in [2.24, 2.45) is 0 Å². The zero-order chi connectivity index (χ0) is 20.1. The number of nitrogens with zero attached hydrogens (tertiary/aromatic N) is 5. The quantitative estimate of drug-likeness (QED) is 0.728. The first-order valence-electron chi connectivity index (χ1n) is 9.53. The smallest absolute Gasteiger partial charge is 0.275 e. The molecule has 1 aliphatic heterocycles. The summed E-state index contributed by atoms with van der Waals surface area (Å²) in [6, 6.07) is 9.73. The monoisotopic (exact) mass is 387 g/mol. The van der Waals surface area contributed by atoms with Crippen molar-refractivity contribution in [2.75, 3.05) is 20.6 Å². The van der Waals surface area contributed by atoms with Crippen molar-refractivity contribution >= 4 is 11.8 Å². The van der Waals surface area contributed by atoms with E-state index >= 15 is 0 Å². The van der Waals surface area contributed by atoms with Crippen LogP contribution in [0, 0.1) is 0 Å². The molecule has 150 valence electrons. The van der Waals surface area contributed by atoms with Crippen LogP contribution in [0.25, 0.3) is 0 Å². The molecule has 3 rings (SSSR count). The minimum absolute atomic E-state index is 0.0363. The molecular weight excluding hydrogens is 361 g/mol. The number of rotatable bonds is 7. The van der Waals surface area contributed by atoms with E-state index in [0.29, 0.717) is 13.0 Å². The van der Waals surface area contributed by atoms with E-state index in [4.69, 9.17) is 0 Å². The first kappa shape index (κ1) is 20.0. The number of halogens is 1. The maximum atomic E-state index is 14.0. The fourth-order valence-corrected chi connectivity index (χ4v) is 3.50. The fraction of sp³-hybridized carbons (Fsp3) is 0.500. The molecule has 2 aromatic rings. The van der Waals surface area contributed by atoms with Crippen LogP contribution in [0.15, 0.2) is 36.5 Å². The van der Waals surface area contributed by atoms with E-state index in [0.717, 1.165) is 12.8 Å². The second-order valence-electron chi connectivity index (χ2n) is 7.40. The summed E-state index contributed by atoms with van der Waals surface area (Å²) in [5.74, 6) is -0.277. The van der Waals surface area contributed by atoms with E-state index in [1.54, 1.807) is 25.2 Å². The molecule has 0 N–H and O–H groups in total. The second kappa shape index (κ2) is 8.95. The Morgan fingerprint density at radius 2 is 2.00 bits per heavy atom. The number of aromatic nitrogens is 3. The molecule has 1 aromatic heterocycles. The summed E-state index contributed by atoms with van der Waals surface area (Å²) in [6.07, 6.45) is 2.74. The fourth-order valence-electron chi connectivity index (χ4n) is 3.50. The van der Waals surface area contributed by atoms with Crippen molar-refractivity contribution in [3.8, 4) is 0 Å². The number of hydrogen-bond acceptors (Lipinski definition) is 4. The molecule has 1 fully saturated rings. The molecule has 8 heteroatoms. The van der Waals surface area contributed by atoms with Crippen LogP contribution in [0.3, 0.4) is 0 Å². The lowest BCUT2D eigenvalue weighted by atomic mass is 10.1. The van der Waals surface area contributed by atoms with Crippen LogP contribution >= 0.6 is 0 Å². The molecule has 1 saturated heterocycles. The standard InChI is InChI=1S/C20H26FN5O2/c1-24(2)20(28)18-14-25(23-22-18)13-17-11-16(21)12-26(17)19(27)10-6-9-15-7-4-3-5-8-15/h3-5,7-8,14,16-17H,6,9-13H2,1-2H3. The summed E-state index contributed by atoms with van der Waals surface area (Å²) in [5, 5.41) is 7.84. The van der Waals surface area contributed by atoms with Gasteiger partial charge in [0.2, 0.25) is 5.91 Å². The maximum absolute atomic E-state index is 14.0. The van der Waals surface area contributed by atoms with Gasteiger partial charge in [-0.15, -0.1) is 5.10 Å². The van der Waals surface area contributed by atoms with Crippen LogP contribution < -0.4 is 0 Å². The Morgan fingerprint density at radius 3 is 2.71 bits per heavy atom. The Morgan fingerprint density at radius 1 is 1.25 bits per heavy atom. The number of alkyl halides is 1. The topological polar surface area (TPSA) is 71.3 Å². The number of amides is 2. The van der Waals surface area contributed by atoms with Gasteiger partial charge in [-0.25, -0.2) is 9.07 Å². The lowest BCUT2D eigenvalue weighted by Crippen LogP contribution is -2.38. The van der Waals surface area contributed by atoms with E-state index in [1.165, 1.54) is 15.1 Å². The van der Waals surface area contributed by atoms with Gasteiger partial charge in [0.15, 0.2) is 5.69 Å². The van der Waals surface area contributed by atoms with Gasteiger partial charge in [-0.2, -0.15) is 0 Å². The molecule has 0 bridgehead atoms. The largest absolute Gasteiger partial charge is 0.343 e. The summed E-state index contributed by atoms with van der Waals surface area (Å²) in [7, 11) is 3.28. The third kappa shape index (κ3) is 4.94. The highest BCUT2D eigenvalue weighted by Gasteiger charge is 2.35. The zero-order valence-corrected chi connectivity index (χ0v) is 16.3. The average molecular weight is 387 g/mol. The van der Waals surface area contributed by atoms with Gasteiger partial charge in [-0.1, -0.05) is 35.5 Å². The molecule has 2 amide bonds. The molecule has 1 aromatic carbocycles. The number of carbonyl (C=O) groups excluding carboxylic acids is 2. The molecule has 0 radical (unpaired) electrons. The minimum Gasteiger partial charge on any atom is -0.343 e. The molecular formula is C20H26FN5O2. The minimum atomic E-state index is -1.03. The van der Waals surface area contributed by atoms with Gasteiger partial charge >= 0.3 is 0 Å². The van der Waals surface area contributed by atoms with Gasteiger partial charge in [-0.3, -0.25) is 9.59 Å². The summed E-state index contributed by atoms with van der Waals surface area (Å²) in [5.41, 5.74) is 1.43. The Labute approximate surface area is 164 Å². The summed E-state index contributed by atoms with van der Waals surface area (Å²) in [4.78, 5) is 27.6. The molecule has 0 spiro atoms. The lowest BCUT2D eigenvalue weighted by Gasteiger charge is -2.24. The van der Waals surface area contributed by atoms with E-state index in [-0.39, 0.29) is 36.5 Å². The van der Waals surface area contributed by atoms with Crippen molar-refractivity contribution in [3.63, 3.8) is 0 Å². The second-order valence-corrected chi connectivity index (χ2v) is 7.40. The van der Waals surface area contributed by atoms with Crippen LogP contribution in [-0.4, -0.2) is 69.5 Å². The van der Waals surface area contributed by atoms with E-state index in [2.05, 4.69) is 10.3 Å². The van der Waals surface area contributed by atoms with Crippen LogP contribution in [0.4, 0.5) is 4.39 Å². The number of aryl methyl sites for hydroxylation is 1. The summed E-state index contributed by atoms with van der Waals surface area (Å²) in [6.45, 7) is 0.450. The van der Waals surface area contributed by atoms with Crippen LogP contribution in [-0.2, 0) is 17.8 Å². The Balaban J connectivity index is 1.56. The van der Waals surface area contributed by atoms with Crippen molar-refractivity contribution in [1.82, 2.24) is 24.8 Å². The van der Waals surface area contributed by atoms with Crippen LogP contribution in [0.2, 0.25) is 0 Å². The molecule has 0 saturated carbocycles. The molecule has 7 nitrogen and oxygen atoms in total. The Hall–Kier alpha value is -2.77. The Bertz CT molecular complexity index is 808. The average Bonchev–Trinajstić information content (AvgIpc) is 3.28. The van der Waals surface area contributed by atoms with Gasteiger partial charge in [0.1, 0.15) is 6.17 Å². The first-order chi connectivity index (χ1) is 13.4.